The largest absolute Gasteiger partial charge is 0.478 e. The van der Waals surface area contributed by atoms with E-state index in [9.17, 15) is 9.18 Å². The van der Waals surface area contributed by atoms with Gasteiger partial charge in [-0.2, -0.15) is 0 Å². The highest BCUT2D eigenvalue weighted by molar-refractivity contribution is 5.87. The number of hydrogen-bond acceptors (Lipinski definition) is 2. The van der Waals surface area contributed by atoms with Crippen molar-refractivity contribution in [2.75, 3.05) is 14.1 Å². The third-order valence-electron chi connectivity index (χ3n) is 1.70. The molecule has 0 fully saturated rings. The lowest BCUT2D eigenvalue weighted by atomic mass is 10.1. The van der Waals surface area contributed by atoms with E-state index in [-0.39, 0.29) is 5.56 Å². The molecule has 0 radical (unpaired) electrons. The van der Waals surface area contributed by atoms with Crippen LogP contribution in [0.4, 0.5) is 4.39 Å². The standard InChI is InChI=1S/C10H12FNO2/c1-12(2)6-7-3-8(10(13)14)5-9(11)4-7/h3-5H,6H2,1-2H3,(H,13,14). The predicted octanol–water partition coefficient (Wildman–Crippen LogP) is 1.59. The van der Waals surface area contributed by atoms with E-state index in [0.717, 1.165) is 6.07 Å². The molecule has 0 bridgehead atoms. The molecule has 4 heteroatoms. The summed E-state index contributed by atoms with van der Waals surface area (Å²) in [6.07, 6.45) is 0. The summed E-state index contributed by atoms with van der Waals surface area (Å²) in [4.78, 5) is 12.5. The molecule has 0 aliphatic carbocycles. The van der Waals surface area contributed by atoms with Crippen LogP contribution < -0.4 is 0 Å². The zero-order valence-corrected chi connectivity index (χ0v) is 8.12. The van der Waals surface area contributed by atoms with Gasteiger partial charge in [-0.1, -0.05) is 0 Å². The molecule has 0 heterocycles. The Labute approximate surface area is 81.8 Å². The van der Waals surface area contributed by atoms with Crippen LogP contribution in [0, 0.1) is 5.82 Å². The summed E-state index contributed by atoms with van der Waals surface area (Å²) in [5.41, 5.74) is 0.647. The highest BCUT2D eigenvalue weighted by Gasteiger charge is 2.07. The predicted molar refractivity (Wildman–Crippen MR) is 50.8 cm³/mol. The smallest absolute Gasteiger partial charge is 0.335 e. The number of carboxylic acids is 1. The van der Waals surface area contributed by atoms with Crippen LogP contribution >= 0.6 is 0 Å². The number of carbonyl (C=O) groups is 1. The minimum Gasteiger partial charge on any atom is -0.478 e. The van der Waals surface area contributed by atoms with Crippen molar-refractivity contribution in [1.29, 1.82) is 0 Å². The highest BCUT2D eigenvalue weighted by atomic mass is 19.1. The molecule has 0 spiro atoms. The fourth-order valence-electron chi connectivity index (χ4n) is 1.23. The van der Waals surface area contributed by atoms with Gasteiger partial charge in [-0.15, -0.1) is 0 Å². The van der Waals surface area contributed by atoms with Gasteiger partial charge in [-0.3, -0.25) is 0 Å². The Balaban J connectivity index is 3.01. The minimum atomic E-state index is -1.11. The molecule has 1 aromatic rings. The summed E-state index contributed by atoms with van der Waals surface area (Å²) in [6, 6.07) is 3.83. The second-order valence-corrected chi connectivity index (χ2v) is 3.39. The lowest BCUT2D eigenvalue weighted by Gasteiger charge is -2.10. The first-order valence-corrected chi connectivity index (χ1v) is 4.16. The van der Waals surface area contributed by atoms with Crippen molar-refractivity contribution in [1.82, 2.24) is 4.90 Å². The molecule has 0 aliphatic heterocycles. The Morgan fingerprint density at radius 3 is 2.57 bits per heavy atom. The van der Waals surface area contributed by atoms with Gasteiger partial charge in [0, 0.05) is 6.54 Å². The molecule has 0 aliphatic rings. The monoisotopic (exact) mass is 197 g/mol. The average molecular weight is 197 g/mol. The van der Waals surface area contributed by atoms with E-state index in [4.69, 9.17) is 5.11 Å². The van der Waals surface area contributed by atoms with Crippen LogP contribution in [0.15, 0.2) is 18.2 Å². The molecular weight excluding hydrogens is 185 g/mol. The topological polar surface area (TPSA) is 40.5 Å². The van der Waals surface area contributed by atoms with Crippen LogP contribution in [0.25, 0.3) is 0 Å². The molecule has 1 aromatic carbocycles. The van der Waals surface area contributed by atoms with Crippen LogP contribution in [-0.4, -0.2) is 30.1 Å². The van der Waals surface area contributed by atoms with E-state index in [1.807, 2.05) is 19.0 Å². The van der Waals surface area contributed by atoms with Gasteiger partial charge in [0.1, 0.15) is 5.82 Å². The Bertz CT molecular complexity index is 350. The Hall–Kier alpha value is -1.42. The van der Waals surface area contributed by atoms with Crippen LogP contribution in [0.1, 0.15) is 15.9 Å². The maximum Gasteiger partial charge on any atom is 0.335 e. The Morgan fingerprint density at radius 2 is 2.07 bits per heavy atom. The maximum absolute atomic E-state index is 13.0. The molecule has 76 valence electrons. The van der Waals surface area contributed by atoms with E-state index in [1.165, 1.54) is 12.1 Å². The molecule has 0 aromatic heterocycles. The van der Waals surface area contributed by atoms with Crippen LogP contribution in [0.5, 0.6) is 0 Å². The third-order valence-corrected chi connectivity index (χ3v) is 1.70. The van der Waals surface area contributed by atoms with E-state index >= 15 is 0 Å². The quantitative estimate of drug-likeness (QED) is 0.799. The van der Waals surface area contributed by atoms with Crippen molar-refractivity contribution < 1.29 is 14.3 Å². The number of rotatable bonds is 3. The third kappa shape index (κ3) is 2.81. The normalized spacial score (nSPS) is 10.6. The number of aromatic carboxylic acids is 1. The van der Waals surface area contributed by atoms with Crippen molar-refractivity contribution in [3.05, 3.63) is 35.1 Å². The molecule has 0 saturated carbocycles. The van der Waals surface area contributed by atoms with E-state index in [2.05, 4.69) is 0 Å². The summed E-state index contributed by atoms with van der Waals surface area (Å²) < 4.78 is 13.0. The first-order chi connectivity index (χ1) is 6.49. The second-order valence-electron chi connectivity index (χ2n) is 3.39. The van der Waals surface area contributed by atoms with Crippen molar-refractivity contribution in [3.8, 4) is 0 Å². The molecule has 1 rings (SSSR count). The van der Waals surface area contributed by atoms with E-state index < -0.39 is 11.8 Å². The number of benzene rings is 1. The van der Waals surface area contributed by atoms with Crippen molar-refractivity contribution in [2.24, 2.45) is 0 Å². The number of carboxylic acid groups (broad SMARTS) is 1. The second kappa shape index (κ2) is 4.19. The average Bonchev–Trinajstić information content (AvgIpc) is 2.01. The van der Waals surface area contributed by atoms with Gasteiger partial charge in [0.25, 0.3) is 0 Å². The van der Waals surface area contributed by atoms with Crippen LogP contribution in [-0.2, 0) is 6.54 Å². The molecule has 0 amide bonds. The van der Waals surface area contributed by atoms with Crippen LogP contribution in [0.3, 0.4) is 0 Å². The molecule has 0 atom stereocenters. The zero-order chi connectivity index (χ0) is 10.7. The van der Waals surface area contributed by atoms with Crippen LogP contribution in [0.2, 0.25) is 0 Å². The SMILES string of the molecule is CN(C)Cc1cc(F)cc(C(=O)O)c1. The number of hydrogen-bond donors (Lipinski definition) is 1. The van der Waals surface area contributed by atoms with Gasteiger partial charge in [0.2, 0.25) is 0 Å². The fourth-order valence-corrected chi connectivity index (χ4v) is 1.23. The van der Waals surface area contributed by atoms with Gasteiger partial charge >= 0.3 is 5.97 Å². The van der Waals surface area contributed by atoms with Crippen molar-refractivity contribution >= 4 is 5.97 Å². The molecule has 14 heavy (non-hydrogen) atoms. The first-order valence-electron chi connectivity index (χ1n) is 4.16. The molecule has 3 nitrogen and oxygen atoms in total. The van der Waals surface area contributed by atoms with Gasteiger partial charge in [0.15, 0.2) is 0 Å². The summed E-state index contributed by atoms with van der Waals surface area (Å²) in [5.74, 6) is -1.62. The highest BCUT2D eigenvalue weighted by Crippen LogP contribution is 2.10. The summed E-state index contributed by atoms with van der Waals surface area (Å²) in [5, 5.41) is 8.69. The van der Waals surface area contributed by atoms with E-state index in [0.29, 0.717) is 12.1 Å². The summed E-state index contributed by atoms with van der Waals surface area (Å²) in [7, 11) is 3.68. The van der Waals surface area contributed by atoms with Gasteiger partial charge in [-0.25, -0.2) is 9.18 Å². The summed E-state index contributed by atoms with van der Waals surface area (Å²) >= 11 is 0. The molecule has 0 unspecified atom stereocenters. The van der Waals surface area contributed by atoms with Gasteiger partial charge < -0.3 is 10.0 Å². The summed E-state index contributed by atoms with van der Waals surface area (Å²) in [6.45, 7) is 0.526. The minimum absolute atomic E-state index is 0.0122. The fraction of sp³-hybridized carbons (Fsp3) is 0.300. The van der Waals surface area contributed by atoms with Gasteiger partial charge in [0.05, 0.1) is 5.56 Å². The number of halogens is 1. The Kier molecular flexibility index (Phi) is 3.19. The molecular formula is C10H12FNO2. The van der Waals surface area contributed by atoms with Crippen molar-refractivity contribution in [3.63, 3.8) is 0 Å². The van der Waals surface area contributed by atoms with Gasteiger partial charge in [-0.05, 0) is 37.9 Å². The molecule has 0 saturated heterocycles. The zero-order valence-electron chi connectivity index (χ0n) is 8.12. The number of nitrogens with zero attached hydrogens (tertiary/aromatic N) is 1. The maximum atomic E-state index is 13.0. The Morgan fingerprint density at radius 1 is 1.43 bits per heavy atom. The lowest BCUT2D eigenvalue weighted by molar-refractivity contribution is 0.0696. The molecule has 1 N–H and O–H groups in total. The van der Waals surface area contributed by atoms with Crippen molar-refractivity contribution in [2.45, 2.75) is 6.54 Å². The lowest BCUT2D eigenvalue weighted by Crippen LogP contribution is -2.11. The first kappa shape index (κ1) is 10.7. The van der Waals surface area contributed by atoms with E-state index in [1.54, 1.807) is 0 Å².